The largest absolute Gasteiger partial charge is 0.492 e. The summed E-state index contributed by atoms with van der Waals surface area (Å²) in [5.41, 5.74) is 2.73. The first-order valence-corrected chi connectivity index (χ1v) is 5.93. The number of hydrogen-bond acceptors (Lipinski definition) is 3. The summed E-state index contributed by atoms with van der Waals surface area (Å²) < 4.78 is 5.70. The van der Waals surface area contributed by atoms with Crippen LogP contribution in [0.4, 0.5) is 0 Å². The zero-order valence-electron chi connectivity index (χ0n) is 10.1. The summed E-state index contributed by atoms with van der Waals surface area (Å²) in [5.74, 6) is 0.607. The summed E-state index contributed by atoms with van der Waals surface area (Å²) in [5, 5.41) is 0. The van der Waals surface area contributed by atoms with Gasteiger partial charge in [0.05, 0.1) is 11.5 Å². The van der Waals surface area contributed by atoms with E-state index in [1.165, 1.54) is 0 Å². The van der Waals surface area contributed by atoms with Gasteiger partial charge < -0.3 is 4.74 Å². The minimum absolute atomic E-state index is 0.127. The number of hydrogen-bond donors (Lipinski definition) is 0. The lowest BCUT2D eigenvalue weighted by molar-refractivity contribution is 0.0896. The average molecular weight is 239 g/mol. The molecular weight excluding hydrogens is 226 g/mol. The fourth-order valence-corrected chi connectivity index (χ4v) is 2.23. The molecule has 1 atom stereocenters. The second-order valence-electron chi connectivity index (χ2n) is 4.51. The molecule has 1 aromatic heterocycles. The number of fused-ring (bicyclic) bond motifs is 1. The molecule has 3 nitrogen and oxygen atoms in total. The van der Waals surface area contributed by atoms with E-state index in [9.17, 15) is 4.79 Å². The molecule has 0 bridgehead atoms. The minimum Gasteiger partial charge on any atom is -0.492 e. The summed E-state index contributed by atoms with van der Waals surface area (Å²) in [6.07, 6.45) is 3.40. The van der Waals surface area contributed by atoms with Gasteiger partial charge in [0.1, 0.15) is 12.4 Å². The van der Waals surface area contributed by atoms with E-state index in [-0.39, 0.29) is 11.7 Å². The van der Waals surface area contributed by atoms with Crippen LogP contribution in [0, 0.1) is 6.92 Å². The van der Waals surface area contributed by atoms with Gasteiger partial charge in [-0.2, -0.15) is 0 Å². The number of rotatable bonds is 1. The number of carbonyl (C=O) groups excluding carboxylic acids is 1. The van der Waals surface area contributed by atoms with Crippen molar-refractivity contribution in [3.05, 3.63) is 59.4 Å². The second kappa shape index (κ2) is 4.26. The van der Waals surface area contributed by atoms with E-state index >= 15 is 0 Å². The first kappa shape index (κ1) is 11.0. The molecular formula is C15H13NO2. The predicted molar refractivity (Wildman–Crippen MR) is 68.0 cm³/mol. The van der Waals surface area contributed by atoms with Crippen molar-refractivity contribution in [2.24, 2.45) is 0 Å². The Labute approximate surface area is 105 Å². The van der Waals surface area contributed by atoms with Gasteiger partial charge in [0, 0.05) is 12.4 Å². The number of aromatic nitrogens is 1. The molecule has 0 saturated carbocycles. The van der Waals surface area contributed by atoms with Crippen LogP contribution in [0.25, 0.3) is 0 Å². The fraction of sp³-hybridized carbons (Fsp3) is 0.200. The molecule has 0 aliphatic carbocycles. The third-order valence-corrected chi connectivity index (χ3v) is 3.23. The van der Waals surface area contributed by atoms with Crippen LogP contribution in [0.2, 0.25) is 0 Å². The monoisotopic (exact) mass is 239 g/mol. The highest BCUT2D eigenvalue weighted by molar-refractivity contribution is 6.04. The van der Waals surface area contributed by atoms with Crippen LogP contribution in [0.5, 0.6) is 5.75 Å². The third kappa shape index (κ3) is 1.78. The molecule has 90 valence electrons. The minimum atomic E-state index is -0.219. The Morgan fingerprint density at radius 3 is 2.78 bits per heavy atom. The molecule has 1 unspecified atom stereocenters. The van der Waals surface area contributed by atoms with Crippen LogP contribution in [-0.2, 0) is 0 Å². The zero-order chi connectivity index (χ0) is 12.5. The van der Waals surface area contributed by atoms with E-state index < -0.39 is 0 Å². The van der Waals surface area contributed by atoms with Gasteiger partial charge in [-0.3, -0.25) is 9.78 Å². The Morgan fingerprint density at radius 1 is 1.22 bits per heavy atom. The molecule has 3 rings (SSSR count). The van der Waals surface area contributed by atoms with Crippen molar-refractivity contribution in [1.82, 2.24) is 4.98 Å². The standard InChI is InChI=1S/C15H13NO2/c1-10-2-3-12-14(8-10)18-9-13(15(12)17)11-4-6-16-7-5-11/h2-8,13H,9H2,1H3. The van der Waals surface area contributed by atoms with Crippen LogP contribution in [0.15, 0.2) is 42.7 Å². The molecule has 2 heterocycles. The number of nitrogens with zero attached hydrogens (tertiary/aromatic N) is 1. The third-order valence-electron chi connectivity index (χ3n) is 3.23. The van der Waals surface area contributed by atoms with Crippen molar-refractivity contribution in [2.75, 3.05) is 6.61 Å². The Hall–Kier alpha value is -2.16. The molecule has 18 heavy (non-hydrogen) atoms. The van der Waals surface area contributed by atoms with Gasteiger partial charge in [-0.05, 0) is 42.3 Å². The lowest BCUT2D eigenvalue weighted by Crippen LogP contribution is -2.26. The first-order valence-electron chi connectivity index (χ1n) is 5.93. The molecule has 2 aromatic rings. The van der Waals surface area contributed by atoms with E-state index in [1.54, 1.807) is 12.4 Å². The molecule has 1 aromatic carbocycles. The Balaban J connectivity index is 2.00. The zero-order valence-corrected chi connectivity index (χ0v) is 10.1. The molecule has 3 heteroatoms. The van der Waals surface area contributed by atoms with Crippen molar-refractivity contribution in [3.63, 3.8) is 0 Å². The van der Waals surface area contributed by atoms with Crippen LogP contribution in [0.3, 0.4) is 0 Å². The number of carbonyl (C=O) groups is 1. The first-order chi connectivity index (χ1) is 8.75. The average Bonchev–Trinajstić information content (AvgIpc) is 2.40. The van der Waals surface area contributed by atoms with Gasteiger partial charge in [-0.1, -0.05) is 6.07 Å². The quantitative estimate of drug-likeness (QED) is 0.768. The van der Waals surface area contributed by atoms with Gasteiger partial charge in [0.2, 0.25) is 0 Å². The summed E-state index contributed by atoms with van der Waals surface area (Å²) in [4.78, 5) is 16.4. The van der Waals surface area contributed by atoms with Crippen LogP contribution in [0.1, 0.15) is 27.4 Å². The maximum absolute atomic E-state index is 12.4. The molecule has 1 aliphatic rings. The van der Waals surface area contributed by atoms with E-state index in [4.69, 9.17) is 4.74 Å². The number of ketones is 1. The number of Topliss-reactive ketones (excluding diaryl/α,β-unsaturated/α-hetero) is 1. The van der Waals surface area contributed by atoms with Crippen LogP contribution < -0.4 is 4.74 Å². The lowest BCUT2D eigenvalue weighted by Gasteiger charge is -2.24. The van der Waals surface area contributed by atoms with Gasteiger partial charge >= 0.3 is 0 Å². The lowest BCUT2D eigenvalue weighted by atomic mass is 9.89. The van der Waals surface area contributed by atoms with E-state index in [2.05, 4.69) is 4.98 Å². The van der Waals surface area contributed by atoms with E-state index in [0.29, 0.717) is 17.9 Å². The SMILES string of the molecule is Cc1ccc2c(c1)OCC(c1ccncc1)C2=O. The highest BCUT2D eigenvalue weighted by Gasteiger charge is 2.29. The molecule has 1 aliphatic heterocycles. The molecule has 0 amide bonds. The highest BCUT2D eigenvalue weighted by atomic mass is 16.5. The molecule has 0 spiro atoms. The van der Waals surface area contributed by atoms with Gasteiger partial charge in [0.25, 0.3) is 0 Å². The Bertz CT molecular complexity index is 593. The normalized spacial score (nSPS) is 18.1. The second-order valence-corrected chi connectivity index (χ2v) is 4.51. The van der Waals surface area contributed by atoms with E-state index in [0.717, 1.165) is 11.1 Å². The van der Waals surface area contributed by atoms with Crippen LogP contribution >= 0.6 is 0 Å². The van der Waals surface area contributed by atoms with Crippen molar-refractivity contribution in [3.8, 4) is 5.75 Å². The maximum Gasteiger partial charge on any atom is 0.177 e. The molecule has 0 N–H and O–H groups in total. The van der Waals surface area contributed by atoms with Crippen molar-refractivity contribution < 1.29 is 9.53 Å². The molecule has 0 fully saturated rings. The summed E-state index contributed by atoms with van der Waals surface area (Å²) in [6, 6.07) is 9.43. The number of aryl methyl sites for hydroxylation is 1. The number of ether oxygens (including phenoxy) is 1. The van der Waals surface area contributed by atoms with Crippen molar-refractivity contribution in [1.29, 1.82) is 0 Å². The Kier molecular flexibility index (Phi) is 2.59. The fourth-order valence-electron chi connectivity index (χ4n) is 2.23. The summed E-state index contributed by atoms with van der Waals surface area (Å²) >= 11 is 0. The number of pyridine rings is 1. The van der Waals surface area contributed by atoms with Gasteiger partial charge in [-0.25, -0.2) is 0 Å². The summed E-state index contributed by atoms with van der Waals surface area (Å²) in [7, 11) is 0. The maximum atomic E-state index is 12.4. The van der Waals surface area contributed by atoms with Crippen molar-refractivity contribution >= 4 is 5.78 Å². The predicted octanol–water partition coefficient (Wildman–Crippen LogP) is 2.75. The van der Waals surface area contributed by atoms with Gasteiger partial charge in [0.15, 0.2) is 5.78 Å². The van der Waals surface area contributed by atoms with Crippen molar-refractivity contribution in [2.45, 2.75) is 12.8 Å². The van der Waals surface area contributed by atoms with Crippen LogP contribution in [-0.4, -0.2) is 17.4 Å². The smallest absolute Gasteiger partial charge is 0.177 e. The Morgan fingerprint density at radius 2 is 2.00 bits per heavy atom. The van der Waals surface area contributed by atoms with Gasteiger partial charge in [-0.15, -0.1) is 0 Å². The topological polar surface area (TPSA) is 39.2 Å². The van der Waals surface area contributed by atoms with E-state index in [1.807, 2.05) is 37.3 Å². The number of benzene rings is 1. The molecule has 0 saturated heterocycles. The molecule has 0 radical (unpaired) electrons. The highest BCUT2D eigenvalue weighted by Crippen LogP contribution is 2.32. The summed E-state index contributed by atoms with van der Waals surface area (Å²) in [6.45, 7) is 2.39.